The third kappa shape index (κ3) is 5.46. The zero-order chi connectivity index (χ0) is 20.8. The molecule has 3 aromatic rings. The first kappa shape index (κ1) is 21.1. The molecule has 0 saturated carbocycles. The van der Waals surface area contributed by atoms with Gasteiger partial charge in [0.05, 0.1) is 14.2 Å². The Balaban J connectivity index is 1.65. The number of thioether (sulfide) groups is 1. The minimum atomic E-state index is -0.169. The molecule has 0 aromatic heterocycles. The minimum Gasteiger partial charge on any atom is -0.493 e. The van der Waals surface area contributed by atoms with Crippen LogP contribution in [0.1, 0.15) is 21.5 Å². The van der Waals surface area contributed by atoms with Gasteiger partial charge in [0.1, 0.15) is 0 Å². The molecule has 6 heteroatoms. The summed E-state index contributed by atoms with van der Waals surface area (Å²) in [6, 6.07) is 19.0. The van der Waals surface area contributed by atoms with Crippen molar-refractivity contribution >= 4 is 35.0 Å². The minimum absolute atomic E-state index is 0.169. The smallest absolute Gasteiger partial charge is 0.255 e. The van der Waals surface area contributed by atoms with Gasteiger partial charge in [-0.1, -0.05) is 23.7 Å². The Hall–Kier alpha value is -2.63. The van der Waals surface area contributed by atoms with E-state index in [0.29, 0.717) is 22.7 Å². The molecule has 0 bridgehead atoms. The van der Waals surface area contributed by atoms with E-state index in [2.05, 4.69) is 5.32 Å². The number of methoxy groups -OCH3 is 2. The Morgan fingerprint density at radius 3 is 2.21 bits per heavy atom. The van der Waals surface area contributed by atoms with Crippen LogP contribution in [0.2, 0.25) is 5.02 Å². The van der Waals surface area contributed by atoms with Crippen molar-refractivity contribution in [1.82, 2.24) is 0 Å². The number of aryl methyl sites for hydroxylation is 1. The summed E-state index contributed by atoms with van der Waals surface area (Å²) < 4.78 is 10.6. The van der Waals surface area contributed by atoms with Gasteiger partial charge in [0.2, 0.25) is 0 Å². The maximum absolute atomic E-state index is 12.6. The van der Waals surface area contributed by atoms with Gasteiger partial charge in [-0.2, -0.15) is 0 Å². The molecule has 0 radical (unpaired) electrons. The largest absolute Gasteiger partial charge is 0.493 e. The molecule has 0 heterocycles. The lowest BCUT2D eigenvalue weighted by atomic mass is 10.1. The Morgan fingerprint density at radius 1 is 0.966 bits per heavy atom. The van der Waals surface area contributed by atoms with Crippen molar-refractivity contribution in [3.05, 3.63) is 82.4 Å². The topological polar surface area (TPSA) is 47.6 Å². The summed E-state index contributed by atoms with van der Waals surface area (Å²) in [6.45, 7) is 1.91. The molecular weight excluding hydrogens is 406 g/mol. The summed E-state index contributed by atoms with van der Waals surface area (Å²) >= 11 is 7.64. The van der Waals surface area contributed by atoms with E-state index in [1.807, 2.05) is 61.5 Å². The van der Waals surface area contributed by atoms with Gasteiger partial charge in [-0.05, 0) is 60.5 Å². The molecule has 0 saturated heterocycles. The summed E-state index contributed by atoms with van der Waals surface area (Å²) in [7, 11) is 3.15. The molecular formula is C23H22ClNO3S. The second-order valence-electron chi connectivity index (χ2n) is 6.42. The quantitative estimate of drug-likeness (QED) is 0.455. The summed E-state index contributed by atoms with van der Waals surface area (Å²) in [5.41, 5.74) is 3.32. The summed E-state index contributed by atoms with van der Waals surface area (Å²) in [4.78, 5) is 13.8. The number of hydrogen-bond donors (Lipinski definition) is 1. The van der Waals surface area contributed by atoms with Gasteiger partial charge in [0, 0.05) is 33.0 Å². The van der Waals surface area contributed by atoms with Crippen LogP contribution in [0.25, 0.3) is 0 Å². The fourth-order valence-electron chi connectivity index (χ4n) is 2.76. The monoisotopic (exact) mass is 427 g/mol. The number of rotatable bonds is 7. The zero-order valence-corrected chi connectivity index (χ0v) is 18.1. The second-order valence-corrected chi connectivity index (χ2v) is 7.90. The van der Waals surface area contributed by atoms with Gasteiger partial charge in [0.25, 0.3) is 5.91 Å². The van der Waals surface area contributed by atoms with Crippen molar-refractivity contribution in [2.75, 3.05) is 19.5 Å². The summed E-state index contributed by atoms with van der Waals surface area (Å²) in [6.07, 6.45) is 0. The standard InChI is InChI=1S/C23H22ClNO3S/c1-15-12-21(27-2)22(28-3)13-20(15)25-23(26)17-6-4-16(5-7-17)14-29-19-10-8-18(24)9-11-19/h4-13H,14H2,1-3H3,(H,25,26). The Kier molecular flexibility index (Phi) is 7.07. The Bertz CT molecular complexity index is 988. The number of anilines is 1. The molecule has 3 aromatic carbocycles. The van der Waals surface area contributed by atoms with Crippen LogP contribution in [0, 0.1) is 6.92 Å². The zero-order valence-electron chi connectivity index (χ0n) is 16.5. The van der Waals surface area contributed by atoms with Crippen molar-refractivity contribution < 1.29 is 14.3 Å². The Labute approximate surface area is 180 Å². The van der Waals surface area contributed by atoms with Crippen LogP contribution in [0.3, 0.4) is 0 Å². The number of halogens is 1. The number of carbonyl (C=O) groups is 1. The molecule has 29 heavy (non-hydrogen) atoms. The van der Waals surface area contributed by atoms with Crippen molar-refractivity contribution in [2.24, 2.45) is 0 Å². The molecule has 0 atom stereocenters. The van der Waals surface area contributed by atoms with Gasteiger partial charge in [0.15, 0.2) is 11.5 Å². The lowest BCUT2D eigenvalue weighted by Gasteiger charge is -2.14. The highest BCUT2D eigenvalue weighted by molar-refractivity contribution is 7.98. The van der Waals surface area contributed by atoms with Gasteiger partial charge in [-0.25, -0.2) is 0 Å². The molecule has 0 aliphatic carbocycles. The SMILES string of the molecule is COc1cc(C)c(NC(=O)c2ccc(CSc3ccc(Cl)cc3)cc2)cc1OC. The predicted octanol–water partition coefficient (Wildman–Crippen LogP) is 6.21. The number of carbonyl (C=O) groups excluding carboxylic acids is 1. The van der Waals surface area contributed by atoms with Crippen LogP contribution in [0.15, 0.2) is 65.6 Å². The van der Waals surface area contributed by atoms with Crippen LogP contribution >= 0.6 is 23.4 Å². The van der Waals surface area contributed by atoms with Crippen molar-refractivity contribution in [2.45, 2.75) is 17.6 Å². The van der Waals surface area contributed by atoms with E-state index in [-0.39, 0.29) is 5.91 Å². The van der Waals surface area contributed by atoms with Gasteiger partial charge in [-0.3, -0.25) is 4.79 Å². The molecule has 0 aliphatic heterocycles. The van der Waals surface area contributed by atoms with Gasteiger partial charge < -0.3 is 14.8 Å². The third-order valence-corrected chi connectivity index (χ3v) is 5.75. The first-order chi connectivity index (χ1) is 14.0. The van der Waals surface area contributed by atoms with E-state index >= 15 is 0 Å². The Morgan fingerprint density at radius 2 is 1.59 bits per heavy atom. The number of benzene rings is 3. The molecule has 150 valence electrons. The molecule has 4 nitrogen and oxygen atoms in total. The maximum atomic E-state index is 12.6. The van der Waals surface area contributed by atoms with Crippen LogP contribution < -0.4 is 14.8 Å². The molecule has 3 rings (SSSR count). The van der Waals surface area contributed by atoms with Crippen LogP contribution in [0.4, 0.5) is 5.69 Å². The highest BCUT2D eigenvalue weighted by Gasteiger charge is 2.12. The van der Waals surface area contributed by atoms with Gasteiger partial charge in [-0.15, -0.1) is 11.8 Å². The van der Waals surface area contributed by atoms with Crippen LogP contribution in [0.5, 0.6) is 11.5 Å². The lowest BCUT2D eigenvalue weighted by molar-refractivity contribution is 0.102. The van der Waals surface area contributed by atoms with Crippen molar-refractivity contribution in [1.29, 1.82) is 0 Å². The normalized spacial score (nSPS) is 10.5. The summed E-state index contributed by atoms with van der Waals surface area (Å²) in [5, 5.41) is 3.67. The molecule has 0 aliphatic rings. The first-order valence-corrected chi connectivity index (χ1v) is 10.4. The first-order valence-electron chi connectivity index (χ1n) is 9.01. The number of ether oxygens (including phenoxy) is 2. The number of hydrogen-bond acceptors (Lipinski definition) is 4. The summed E-state index contributed by atoms with van der Waals surface area (Å²) in [5.74, 6) is 1.85. The van der Waals surface area contributed by atoms with E-state index in [4.69, 9.17) is 21.1 Å². The maximum Gasteiger partial charge on any atom is 0.255 e. The van der Waals surface area contributed by atoms with E-state index in [9.17, 15) is 4.79 Å². The van der Waals surface area contributed by atoms with Crippen LogP contribution in [-0.4, -0.2) is 20.1 Å². The van der Waals surface area contributed by atoms with Crippen molar-refractivity contribution in [3.63, 3.8) is 0 Å². The van der Waals surface area contributed by atoms with E-state index in [0.717, 1.165) is 26.8 Å². The fraction of sp³-hybridized carbons (Fsp3) is 0.174. The lowest BCUT2D eigenvalue weighted by Crippen LogP contribution is -2.13. The molecule has 1 amide bonds. The highest BCUT2D eigenvalue weighted by Crippen LogP contribution is 2.33. The molecule has 0 spiro atoms. The molecule has 0 unspecified atom stereocenters. The van der Waals surface area contributed by atoms with E-state index in [1.54, 1.807) is 32.0 Å². The average Bonchev–Trinajstić information content (AvgIpc) is 2.74. The van der Waals surface area contributed by atoms with Crippen molar-refractivity contribution in [3.8, 4) is 11.5 Å². The van der Waals surface area contributed by atoms with Crippen LogP contribution in [-0.2, 0) is 5.75 Å². The molecule has 0 fully saturated rings. The highest BCUT2D eigenvalue weighted by atomic mass is 35.5. The number of nitrogens with one attached hydrogen (secondary N) is 1. The van der Waals surface area contributed by atoms with E-state index in [1.165, 1.54) is 0 Å². The van der Waals surface area contributed by atoms with E-state index < -0.39 is 0 Å². The fourth-order valence-corrected chi connectivity index (χ4v) is 3.74. The second kappa shape index (κ2) is 9.72. The average molecular weight is 428 g/mol. The number of amides is 1. The third-order valence-electron chi connectivity index (χ3n) is 4.41. The molecule has 1 N–H and O–H groups in total. The predicted molar refractivity (Wildman–Crippen MR) is 120 cm³/mol. The van der Waals surface area contributed by atoms with Gasteiger partial charge >= 0.3 is 0 Å².